The predicted octanol–water partition coefficient (Wildman–Crippen LogP) is 1.12. The normalized spacial score (nSPS) is 14.3. The van der Waals surface area contributed by atoms with Gasteiger partial charge in [0.15, 0.2) is 5.69 Å². The fraction of sp³-hybridized carbons (Fsp3) is 0.308. The van der Waals surface area contributed by atoms with Crippen LogP contribution in [0.3, 0.4) is 0 Å². The Labute approximate surface area is 234 Å². The van der Waals surface area contributed by atoms with Gasteiger partial charge in [0.05, 0.1) is 30.8 Å². The van der Waals surface area contributed by atoms with Crippen molar-refractivity contribution in [1.29, 1.82) is 5.26 Å². The molecule has 4 atom stereocenters. The molecule has 15 heteroatoms. The highest BCUT2D eigenvalue weighted by molar-refractivity contribution is 7.92. The van der Waals surface area contributed by atoms with Gasteiger partial charge in [0, 0.05) is 18.7 Å². The summed E-state index contributed by atoms with van der Waals surface area (Å²) >= 11 is 0. The van der Waals surface area contributed by atoms with Crippen molar-refractivity contribution in [2.75, 3.05) is 17.6 Å². The van der Waals surface area contributed by atoms with Crippen molar-refractivity contribution in [3.63, 3.8) is 0 Å². The SMILES string of the molecule is CN(c1nc(C(=O)N[C@H](Cc2cc(F)cc(F)c2)[C@@H](O)[C@H](O)[C@H](CC#N)NC(=O)c2ccccc2)co1)S(C)(=O)=O. The van der Waals surface area contributed by atoms with Crippen LogP contribution in [0.1, 0.15) is 32.8 Å². The summed E-state index contributed by atoms with van der Waals surface area (Å²) in [5, 5.41) is 36.2. The highest BCUT2D eigenvalue weighted by atomic mass is 32.2. The third-order valence-electron chi connectivity index (χ3n) is 6.02. The number of carbonyl (C=O) groups excluding carboxylic acids is 2. The minimum absolute atomic E-state index is 0.00172. The average Bonchev–Trinajstić information content (AvgIpc) is 3.41. The number of nitrogens with one attached hydrogen (secondary N) is 2. The second kappa shape index (κ2) is 13.3. The average molecular weight is 592 g/mol. The summed E-state index contributed by atoms with van der Waals surface area (Å²) in [5.74, 6) is -3.49. The van der Waals surface area contributed by atoms with Crippen LogP contribution in [-0.2, 0) is 16.4 Å². The number of hydrogen-bond acceptors (Lipinski definition) is 9. The van der Waals surface area contributed by atoms with Crippen LogP contribution in [0.4, 0.5) is 14.8 Å². The quantitative estimate of drug-likeness (QED) is 0.240. The zero-order chi connectivity index (χ0) is 30.3. The minimum Gasteiger partial charge on any atom is -0.430 e. The van der Waals surface area contributed by atoms with E-state index < -0.39 is 82.3 Å². The molecule has 41 heavy (non-hydrogen) atoms. The van der Waals surface area contributed by atoms with Gasteiger partial charge in [0.1, 0.15) is 30.1 Å². The van der Waals surface area contributed by atoms with E-state index in [1.807, 2.05) is 6.07 Å². The minimum atomic E-state index is -3.77. The molecule has 0 bridgehead atoms. The lowest BCUT2D eigenvalue weighted by Crippen LogP contribution is -2.56. The summed E-state index contributed by atoms with van der Waals surface area (Å²) in [6.07, 6.45) is -2.82. The van der Waals surface area contributed by atoms with Crippen LogP contribution in [0.15, 0.2) is 59.2 Å². The van der Waals surface area contributed by atoms with Gasteiger partial charge in [-0.3, -0.25) is 9.59 Å². The number of carbonyl (C=O) groups is 2. The van der Waals surface area contributed by atoms with Crippen molar-refractivity contribution < 1.29 is 41.4 Å². The number of aliphatic hydroxyl groups excluding tert-OH is 2. The van der Waals surface area contributed by atoms with Crippen LogP contribution in [0.2, 0.25) is 0 Å². The van der Waals surface area contributed by atoms with Crippen molar-refractivity contribution in [3.8, 4) is 6.07 Å². The molecule has 218 valence electrons. The number of benzene rings is 2. The first kappa shape index (κ1) is 31.1. The molecule has 3 rings (SSSR count). The molecule has 2 amide bonds. The number of anilines is 1. The van der Waals surface area contributed by atoms with Crippen LogP contribution in [0, 0.1) is 23.0 Å². The Balaban J connectivity index is 1.88. The summed E-state index contributed by atoms with van der Waals surface area (Å²) in [6, 6.07) is 9.05. The smallest absolute Gasteiger partial charge is 0.311 e. The van der Waals surface area contributed by atoms with E-state index in [0.29, 0.717) is 10.4 Å². The maximum Gasteiger partial charge on any atom is 0.311 e. The maximum absolute atomic E-state index is 13.9. The van der Waals surface area contributed by atoms with E-state index in [0.717, 1.165) is 31.7 Å². The van der Waals surface area contributed by atoms with Crippen molar-refractivity contribution in [2.24, 2.45) is 0 Å². The van der Waals surface area contributed by atoms with Crippen molar-refractivity contribution in [3.05, 3.63) is 83.2 Å². The monoisotopic (exact) mass is 591 g/mol. The van der Waals surface area contributed by atoms with E-state index in [9.17, 15) is 42.3 Å². The molecule has 2 aromatic carbocycles. The van der Waals surface area contributed by atoms with E-state index in [1.54, 1.807) is 18.2 Å². The largest absolute Gasteiger partial charge is 0.430 e. The molecular weight excluding hydrogens is 564 g/mol. The number of hydrogen-bond donors (Lipinski definition) is 4. The van der Waals surface area contributed by atoms with E-state index in [-0.39, 0.29) is 11.1 Å². The van der Waals surface area contributed by atoms with Crippen molar-refractivity contribution in [1.82, 2.24) is 15.6 Å². The van der Waals surface area contributed by atoms with E-state index in [2.05, 4.69) is 15.6 Å². The molecule has 0 saturated heterocycles. The van der Waals surface area contributed by atoms with Crippen LogP contribution in [0.25, 0.3) is 0 Å². The van der Waals surface area contributed by atoms with Gasteiger partial charge >= 0.3 is 6.01 Å². The maximum atomic E-state index is 13.9. The zero-order valence-corrected chi connectivity index (χ0v) is 22.7. The van der Waals surface area contributed by atoms with E-state index in [1.165, 1.54) is 12.1 Å². The standard InChI is InChI=1S/C26H27F2N5O7S/c1-33(41(2,38)39)26-32-21(14-40-26)25(37)31-20(12-15-10-17(27)13-18(28)11-15)23(35)22(34)19(8-9-29)30-24(36)16-6-4-3-5-7-16/h3-7,10-11,13-14,19-20,22-23,34-35H,8,12H2,1-2H3,(H,30,36)(H,31,37)/t19-,20+,22+,23+/m0/s1. The Morgan fingerprint density at radius 2 is 1.63 bits per heavy atom. The van der Waals surface area contributed by atoms with Gasteiger partial charge in [-0.15, -0.1) is 0 Å². The molecular formula is C26H27F2N5O7S. The highest BCUT2D eigenvalue weighted by Crippen LogP contribution is 2.18. The number of rotatable bonds is 12. The van der Waals surface area contributed by atoms with E-state index in [4.69, 9.17) is 4.42 Å². The van der Waals surface area contributed by atoms with Crippen molar-refractivity contribution >= 4 is 27.9 Å². The summed E-state index contributed by atoms with van der Waals surface area (Å²) in [6.45, 7) is 0. The number of aliphatic hydroxyl groups is 2. The molecule has 1 aromatic heterocycles. The van der Waals surface area contributed by atoms with Gasteiger partial charge in [0.2, 0.25) is 10.0 Å². The van der Waals surface area contributed by atoms with Gasteiger partial charge in [-0.25, -0.2) is 21.5 Å². The lowest BCUT2D eigenvalue weighted by Gasteiger charge is -2.32. The number of halogens is 2. The van der Waals surface area contributed by atoms with Gasteiger partial charge < -0.3 is 25.3 Å². The first-order chi connectivity index (χ1) is 19.3. The Hall–Kier alpha value is -4.39. The van der Waals surface area contributed by atoms with Gasteiger partial charge in [-0.05, 0) is 36.2 Å². The number of amides is 2. The number of oxazole rings is 1. The number of sulfonamides is 1. The Bertz CT molecular complexity index is 1510. The number of nitriles is 1. The molecule has 0 unspecified atom stereocenters. The van der Waals surface area contributed by atoms with Crippen LogP contribution < -0.4 is 14.9 Å². The molecule has 0 fully saturated rings. The molecule has 12 nitrogen and oxygen atoms in total. The number of nitrogens with zero attached hydrogens (tertiary/aromatic N) is 3. The van der Waals surface area contributed by atoms with Crippen LogP contribution in [0.5, 0.6) is 0 Å². The third kappa shape index (κ3) is 8.30. The van der Waals surface area contributed by atoms with Gasteiger partial charge in [-0.1, -0.05) is 18.2 Å². The highest BCUT2D eigenvalue weighted by Gasteiger charge is 2.35. The molecule has 3 aromatic rings. The fourth-order valence-electron chi connectivity index (χ4n) is 3.81. The molecule has 0 aliphatic carbocycles. The van der Waals surface area contributed by atoms with Crippen LogP contribution >= 0.6 is 0 Å². The van der Waals surface area contributed by atoms with Gasteiger partial charge in [0.25, 0.3) is 11.8 Å². The topological polar surface area (TPSA) is 186 Å². The first-order valence-electron chi connectivity index (χ1n) is 12.0. The summed E-state index contributed by atoms with van der Waals surface area (Å²) < 4.78 is 57.0. The summed E-state index contributed by atoms with van der Waals surface area (Å²) in [7, 11) is -2.63. The predicted molar refractivity (Wildman–Crippen MR) is 141 cm³/mol. The summed E-state index contributed by atoms with van der Waals surface area (Å²) in [5.41, 5.74) is -0.182. The molecule has 1 heterocycles. The number of aromatic nitrogens is 1. The Kier molecular flexibility index (Phi) is 10.1. The summed E-state index contributed by atoms with van der Waals surface area (Å²) in [4.78, 5) is 29.4. The molecule has 0 aliphatic heterocycles. The second-order valence-corrected chi connectivity index (χ2v) is 11.1. The van der Waals surface area contributed by atoms with Gasteiger partial charge in [-0.2, -0.15) is 10.2 Å². The van der Waals surface area contributed by atoms with Crippen LogP contribution in [-0.4, -0.2) is 73.0 Å². The fourth-order valence-corrected chi connectivity index (χ4v) is 4.18. The Morgan fingerprint density at radius 3 is 2.22 bits per heavy atom. The van der Waals surface area contributed by atoms with E-state index >= 15 is 0 Å². The zero-order valence-electron chi connectivity index (χ0n) is 21.9. The van der Waals surface area contributed by atoms with Crippen molar-refractivity contribution in [2.45, 2.75) is 37.1 Å². The second-order valence-electron chi connectivity index (χ2n) is 9.10. The lowest BCUT2D eigenvalue weighted by molar-refractivity contribution is -0.0212. The Morgan fingerprint density at radius 1 is 1.05 bits per heavy atom. The third-order valence-corrected chi connectivity index (χ3v) is 7.18. The molecule has 0 saturated carbocycles. The lowest BCUT2D eigenvalue weighted by atomic mass is 9.92. The molecule has 0 spiro atoms. The molecule has 4 N–H and O–H groups in total. The molecule has 0 aliphatic rings. The molecule has 0 radical (unpaired) electrons. The first-order valence-corrected chi connectivity index (χ1v) is 13.9.